The Hall–Kier alpha value is -2.59. The standard InChI is InChI=1S/C28H24Cl2FN3O4S/c29-16-11-32-12-17(30)20(16)22-15(23(38-34-22)14-1-2-14)13-37-28-8-5-27(6-9-28,7-10-28)26-33-19-4-3-18(31)21(25(35)36)24(19)39-26/h3-4,11-12,14H,1-2,5-10,13H2,(H,35,36). The summed E-state index contributed by atoms with van der Waals surface area (Å²) in [5.74, 6) is -0.803. The summed E-state index contributed by atoms with van der Waals surface area (Å²) in [6.45, 7) is 0.356. The summed E-state index contributed by atoms with van der Waals surface area (Å²) in [4.78, 5) is 20.6. The molecule has 4 fully saturated rings. The number of carbonyl (C=O) groups is 1. The van der Waals surface area contributed by atoms with Crippen molar-refractivity contribution in [2.75, 3.05) is 0 Å². The zero-order valence-corrected chi connectivity index (χ0v) is 23.1. The van der Waals surface area contributed by atoms with Gasteiger partial charge in [-0.3, -0.25) is 4.98 Å². The number of nitrogens with zero attached hydrogens (tertiary/aromatic N) is 3. The van der Waals surface area contributed by atoms with Gasteiger partial charge in [0.25, 0.3) is 0 Å². The predicted molar refractivity (Wildman–Crippen MR) is 145 cm³/mol. The van der Waals surface area contributed by atoms with Crippen molar-refractivity contribution in [1.82, 2.24) is 15.1 Å². The van der Waals surface area contributed by atoms with E-state index in [4.69, 9.17) is 37.4 Å². The highest BCUT2D eigenvalue weighted by atomic mass is 35.5. The number of hydrogen-bond donors (Lipinski definition) is 1. The molecule has 4 aliphatic carbocycles. The van der Waals surface area contributed by atoms with Crippen LogP contribution in [0.5, 0.6) is 0 Å². The largest absolute Gasteiger partial charge is 0.478 e. The van der Waals surface area contributed by atoms with Gasteiger partial charge in [-0.15, -0.1) is 11.3 Å². The van der Waals surface area contributed by atoms with E-state index < -0.39 is 11.8 Å². The Bertz CT molecular complexity index is 1590. The van der Waals surface area contributed by atoms with Crippen molar-refractivity contribution in [2.45, 2.75) is 74.9 Å². The molecule has 3 aromatic heterocycles. The van der Waals surface area contributed by atoms with E-state index in [2.05, 4.69) is 10.1 Å². The van der Waals surface area contributed by atoms with Gasteiger partial charge in [0.2, 0.25) is 0 Å². The van der Waals surface area contributed by atoms with E-state index in [0.29, 0.717) is 44.0 Å². The Morgan fingerprint density at radius 2 is 1.82 bits per heavy atom. The van der Waals surface area contributed by atoms with Crippen molar-refractivity contribution in [3.63, 3.8) is 0 Å². The summed E-state index contributed by atoms with van der Waals surface area (Å²) in [7, 11) is 0. The van der Waals surface area contributed by atoms with Crippen LogP contribution < -0.4 is 0 Å². The minimum Gasteiger partial charge on any atom is -0.478 e. The number of fused-ring (bicyclic) bond motifs is 4. The van der Waals surface area contributed by atoms with Crippen LogP contribution in [0.2, 0.25) is 10.0 Å². The molecule has 7 nitrogen and oxygen atoms in total. The summed E-state index contributed by atoms with van der Waals surface area (Å²) in [6.07, 6.45) is 10.4. The Kier molecular flexibility index (Phi) is 6.01. The molecule has 8 rings (SSSR count). The molecule has 11 heteroatoms. The maximum Gasteiger partial charge on any atom is 0.340 e. The van der Waals surface area contributed by atoms with Crippen molar-refractivity contribution >= 4 is 50.7 Å². The fourth-order valence-corrected chi connectivity index (χ4v) is 8.18. The van der Waals surface area contributed by atoms with Crippen molar-refractivity contribution < 1.29 is 23.6 Å². The fourth-order valence-electron chi connectivity index (χ4n) is 6.27. The number of pyridine rings is 1. The van der Waals surface area contributed by atoms with Crippen LogP contribution in [0.25, 0.3) is 21.5 Å². The van der Waals surface area contributed by atoms with Gasteiger partial charge in [0, 0.05) is 34.9 Å². The second kappa shape index (κ2) is 9.23. The van der Waals surface area contributed by atoms with Gasteiger partial charge in [-0.25, -0.2) is 14.2 Å². The third-order valence-electron chi connectivity index (χ3n) is 8.73. The number of carboxylic acids is 1. The van der Waals surface area contributed by atoms with E-state index in [1.165, 1.54) is 17.4 Å². The molecule has 0 amide bonds. The number of aromatic carboxylic acids is 1. The highest BCUT2D eigenvalue weighted by Gasteiger charge is 2.52. The lowest BCUT2D eigenvalue weighted by molar-refractivity contribution is -0.127. The van der Waals surface area contributed by atoms with E-state index >= 15 is 0 Å². The number of aromatic nitrogens is 3. The van der Waals surface area contributed by atoms with Gasteiger partial charge in [0.05, 0.1) is 32.5 Å². The van der Waals surface area contributed by atoms with Gasteiger partial charge in [-0.2, -0.15) is 0 Å². The Balaban J connectivity index is 1.14. The van der Waals surface area contributed by atoms with E-state index in [1.807, 2.05) is 0 Å². The normalized spacial score (nSPS) is 24.5. The summed E-state index contributed by atoms with van der Waals surface area (Å²) < 4.78 is 27.2. The number of benzene rings is 1. The fraction of sp³-hybridized carbons (Fsp3) is 0.429. The molecule has 1 aromatic carbocycles. The minimum atomic E-state index is -1.27. The third kappa shape index (κ3) is 4.17. The molecule has 3 heterocycles. The Morgan fingerprint density at radius 1 is 1.13 bits per heavy atom. The Morgan fingerprint density at radius 3 is 2.46 bits per heavy atom. The molecular formula is C28H24Cl2FN3O4S. The van der Waals surface area contributed by atoms with Gasteiger partial charge in [0.15, 0.2) is 0 Å². The van der Waals surface area contributed by atoms with E-state index in [1.54, 1.807) is 18.5 Å². The van der Waals surface area contributed by atoms with Crippen molar-refractivity contribution in [3.8, 4) is 11.3 Å². The maximum atomic E-state index is 14.3. The van der Waals surface area contributed by atoms with Crippen LogP contribution in [0.1, 0.15) is 84.0 Å². The molecular weight excluding hydrogens is 564 g/mol. The zero-order chi connectivity index (χ0) is 26.9. The lowest BCUT2D eigenvalue weighted by Crippen LogP contribution is -2.49. The van der Waals surface area contributed by atoms with Gasteiger partial charge in [-0.05, 0) is 63.5 Å². The molecule has 4 aromatic rings. The van der Waals surface area contributed by atoms with Crippen molar-refractivity contribution in [1.29, 1.82) is 0 Å². The number of carboxylic acid groups (broad SMARTS) is 1. The Labute approximate surface area is 237 Å². The zero-order valence-electron chi connectivity index (χ0n) is 20.8. The quantitative estimate of drug-likeness (QED) is 0.234. The number of hydrogen-bond acceptors (Lipinski definition) is 7. The second-order valence-electron chi connectivity index (χ2n) is 11.0. The highest BCUT2D eigenvalue weighted by Crippen LogP contribution is 2.57. The number of thiazole rings is 1. The van der Waals surface area contributed by atoms with Crippen molar-refractivity contribution in [3.05, 3.63) is 62.3 Å². The van der Waals surface area contributed by atoms with E-state index in [0.717, 1.165) is 67.7 Å². The summed E-state index contributed by atoms with van der Waals surface area (Å²) in [5.41, 5.74) is 1.98. The average Bonchev–Trinajstić information content (AvgIpc) is 3.54. The highest BCUT2D eigenvalue weighted by molar-refractivity contribution is 7.19. The second-order valence-corrected chi connectivity index (χ2v) is 12.8. The van der Waals surface area contributed by atoms with Gasteiger partial charge >= 0.3 is 5.97 Å². The van der Waals surface area contributed by atoms with E-state index in [9.17, 15) is 14.3 Å². The number of ether oxygens (including phenoxy) is 1. The summed E-state index contributed by atoms with van der Waals surface area (Å²) >= 11 is 14.2. The third-order valence-corrected chi connectivity index (χ3v) is 10.6. The first kappa shape index (κ1) is 25.4. The van der Waals surface area contributed by atoms with Gasteiger partial charge < -0.3 is 14.4 Å². The van der Waals surface area contributed by atoms with Crippen LogP contribution in [0, 0.1) is 5.82 Å². The number of rotatable bonds is 7. The molecule has 0 saturated heterocycles. The molecule has 0 atom stereocenters. The first-order valence-corrected chi connectivity index (χ1v) is 14.6. The summed E-state index contributed by atoms with van der Waals surface area (Å²) in [5, 5.41) is 15.7. The van der Waals surface area contributed by atoms with E-state index in [-0.39, 0.29) is 16.6 Å². The SMILES string of the molecule is O=C(O)c1c(F)ccc2nc(C34CCC(OCc5c(-c6c(Cl)cncc6Cl)noc5C5CC5)(CC3)CC4)sc12. The molecule has 1 N–H and O–H groups in total. The first-order chi connectivity index (χ1) is 18.8. The van der Waals surface area contributed by atoms with Crippen molar-refractivity contribution in [2.24, 2.45) is 0 Å². The van der Waals surface area contributed by atoms with Crippen LogP contribution in [-0.2, 0) is 16.8 Å². The predicted octanol–water partition coefficient (Wildman–Crippen LogP) is 7.93. The van der Waals surface area contributed by atoms with Gasteiger partial charge in [0.1, 0.15) is 27.8 Å². The lowest BCUT2D eigenvalue weighted by atomic mass is 9.59. The van der Waals surface area contributed by atoms with Crippen LogP contribution in [0.3, 0.4) is 0 Å². The van der Waals surface area contributed by atoms with Crippen LogP contribution in [0.15, 0.2) is 29.0 Å². The molecule has 0 unspecified atom stereocenters. The van der Waals surface area contributed by atoms with Crippen LogP contribution >= 0.6 is 34.5 Å². The lowest BCUT2D eigenvalue weighted by Gasteiger charge is -2.52. The average molecular weight is 588 g/mol. The molecule has 2 bridgehead atoms. The summed E-state index contributed by atoms with van der Waals surface area (Å²) in [6, 6.07) is 2.76. The molecule has 39 heavy (non-hydrogen) atoms. The monoisotopic (exact) mass is 587 g/mol. The van der Waals surface area contributed by atoms with Crippen LogP contribution in [0.4, 0.5) is 4.39 Å². The smallest absolute Gasteiger partial charge is 0.340 e. The minimum absolute atomic E-state index is 0.138. The molecule has 0 spiro atoms. The maximum absolute atomic E-state index is 14.3. The van der Waals surface area contributed by atoms with Crippen LogP contribution in [-0.4, -0.2) is 31.8 Å². The topological polar surface area (TPSA) is 98.3 Å². The molecule has 4 aliphatic rings. The molecule has 0 aliphatic heterocycles. The molecule has 202 valence electrons. The first-order valence-electron chi connectivity index (χ1n) is 13.0. The molecule has 0 radical (unpaired) electrons. The van der Waals surface area contributed by atoms with Gasteiger partial charge in [-0.1, -0.05) is 28.4 Å². The molecule has 4 saturated carbocycles. The number of halogens is 3.